The topological polar surface area (TPSA) is 0 Å². The Bertz CT molecular complexity index is 209. The van der Waals surface area contributed by atoms with E-state index >= 15 is 0 Å². The molecular weight excluding hydrogens is 152 g/mol. The van der Waals surface area contributed by atoms with Gasteiger partial charge in [-0.05, 0) is 17.4 Å². The summed E-state index contributed by atoms with van der Waals surface area (Å²) in [6.07, 6.45) is 11.4. The van der Waals surface area contributed by atoms with E-state index in [2.05, 4.69) is 36.3 Å². The number of rotatable bonds is 3. The molecule has 0 unspecified atom stereocenters. The van der Waals surface area contributed by atoms with Crippen molar-refractivity contribution in [2.75, 3.05) is 5.75 Å². The van der Waals surface area contributed by atoms with Gasteiger partial charge in [0.1, 0.15) is 0 Å². The maximum absolute atomic E-state index is 3.64. The van der Waals surface area contributed by atoms with Crippen LogP contribution in [-0.4, -0.2) is 5.75 Å². The molecule has 1 heteroatoms. The van der Waals surface area contributed by atoms with Crippen molar-refractivity contribution in [3.8, 4) is 0 Å². The van der Waals surface area contributed by atoms with E-state index in [9.17, 15) is 0 Å². The minimum Gasteiger partial charge on any atom is -0.129 e. The molecule has 0 fully saturated rings. The fraction of sp³-hybridized carbons (Fsp3) is 0.200. The molecule has 0 spiro atoms. The van der Waals surface area contributed by atoms with Crippen LogP contribution < -0.4 is 0 Å². The van der Waals surface area contributed by atoms with Crippen molar-refractivity contribution in [1.29, 1.82) is 0 Å². The second kappa shape index (κ2) is 5.03. The van der Waals surface area contributed by atoms with E-state index in [0.717, 1.165) is 12.2 Å². The first kappa shape index (κ1) is 8.41. The Morgan fingerprint density at radius 3 is 3.18 bits per heavy atom. The Hall–Kier alpha value is -0.690. The van der Waals surface area contributed by atoms with E-state index in [-0.39, 0.29) is 0 Å². The van der Waals surface area contributed by atoms with Crippen LogP contribution in [0.5, 0.6) is 0 Å². The lowest BCUT2D eigenvalue weighted by atomic mass is 10.2. The molecule has 0 radical (unpaired) electrons. The summed E-state index contributed by atoms with van der Waals surface area (Å²) in [6, 6.07) is 0. The molecule has 1 rings (SSSR count). The van der Waals surface area contributed by atoms with Crippen LogP contribution in [0, 0.1) is 0 Å². The molecule has 0 aromatic rings. The van der Waals surface area contributed by atoms with Gasteiger partial charge in [0.2, 0.25) is 0 Å². The summed E-state index contributed by atoms with van der Waals surface area (Å²) < 4.78 is 0. The summed E-state index contributed by atoms with van der Waals surface area (Å²) in [6.45, 7) is 3.64. The molecule has 0 aromatic carbocycles. The summed E-state index contributed by atoms with van der Waals surface area (Å²) in [5.74, 6) is 1.12. The van der Waals surface area contributed by atoms with Crippen molar-refractivity contribution in [2.45, 2.75) is 6.42 Å². The van der Waals surface area contributed by atoms with Gasteiger partial charge < -0.3 is 0 Å². The summed E-state index contributed by atoms with van der Waals surface area (Å²) in [5.41, 5.74) is 1.40. The van der Waals surface area contributed by atoms with Crippen LogP contribution in [0.1, 0.15) is 6.42 Å². The van der Waals surface area contributed by atoms with Gasteiger partial charge in [0.05, 0.1) is 0 Å². The minimum atomic E-state index is 0.959. The zero-order chi connectivity index (χ0) is 7.94. The predicted molar refractivity (Wildman–Crippen MR) is 53.6 cm³/mol. The summed E-state index contributed by atoms with van der Waals surface area (Å²) in [5, 5.41) is 2.13. The average Bonchev–Trinajstić information content (AvgIpc) is 2.50. The molecule has 0 saturated carbocycles. The molecule has 0 N–H and O–H groups in total. The van der Waals surface area contributed by atoms with Crippen LogP contribution in [0.2, 0.25) is 0 Å². The summed E-state index contributed by atoms with van der Waals surface area (Å²) in [4.78, 5) is 0. The Morgan fingerprint density at radius 1 is 1.64 bits per heavy atom. The van der Waals surface area contributed by atoms with Crippen molar-refractivity contribution in [1.82, 2.24) is 0 Å². The van der Waals surface area contributed by atoms with Crippen LogP contribution in [-0.2, 0) is 0 Å². The third kappa shape index (κ3) is 3.28. The van der Waals surface area contributed by atoms with Crippen LogP contribution in [0.3, 0.4) is 0 Å². The Kier molecular flexibility index (Phi) is 3.84. The van der Waals surface area contributed by atoms with Gasteiger partial charge in [-0.3, -0.25) is 0 Å². The molecule has 0 nitrogen and oxygen atoms in total. The van der Waals surface area contributed by atoms with Crippen molar-refractivity contribution < 1.29 is 0 Å². The highest BCUT2D eigenvalue weighted by molar-refractivity contribution is 8.02. The maximum atomic E-state index is 3.64. The maximum Gasteiger partial charge on any atom is 0.0226 e. The van der Waals surface area contributed by atoms with E-state index in [4.69, 9.17) is 0 Å². The molecule has 0 amide bonds. The zero-order valence-corrected chi connectivity index (χ0v) is 7.31. The van der Waals surface area contributed by atoms with E-state index in [1.54, 1.807) is 0 Å². The molecule has 0 atom stereocenters. The van der Waals surface area contributed by atoms with Gasteiger partial charge in [-0.25, -0.2) is 0 Å². The lowest BCUT2D eigenvalue weighted by molar-refractivity contribution is 1.40. The van der Waals surface area contributed by atoms with E-state index in [1.165, 1.54) is 5.57 Å². The standard InChI is InChI=1S/C10H12S/c1-2-3-4-5-6-10-7-8-11-9-10/h2,4-8H,1,3,9H2/b5-4-,10-6-. The van der Waals surface area contributed by atoms with Gasteiger partial charge in [-0.2, -0.15) is 0 Å². The second-order valence-corrected chi connectivity index (χ2v) is 3.20. The number of thioether (sulfide) groups is 1. The number of hydrogen-bond donors (Lipinski definition) is 0. The van der Waals surface area contributed by atoms with Crippen molar-refractivity contribution in [3.05, 3.63) is 47.9 Å². The van der Waals surface area contributed by atoms with Gasteiger partial charge in [-0.1, -0.05) is 30.4 Å². The van der Waals surface area contributed by atoms with Crippen molar-refractivity contribution >= 4 is 11.8 Å². The molecule has 0 aliphatic carbocycles. The lowest BCUT2D eigenvalue weighted by Gasteiger charge is -1.86. The van der Waals surface area contributed by atoms with Gasteiger partial charge in [-0.15, -0.1) is 18.3 Å². The van der Waals surface area contributed by atoms with Gasteiger partial charge in [0.15, 0.2) is 0 Å². The predicted octanol–water partition coefficient (Wildman–Crippen LogP) is 3.31. The molecule has 11 heavy (non-hydrogen) atoms. The summed E-state index contributed by atoms with van der Waals surface area (Å²) in [7, 11) is 0. The van der Waals surface area contributed by atoms with Crippen LogP contribution >= 0.6 is 11.8 Å². The zero-order valence-electron chi connectivity index (χ0n) is 6.49. The normalized spacial score (nSPS) is 20.2. The Balaban J connectivity index is 2.33. The number of hydrogen-bond acceptors (Lipinski definition) is 1. The van der Waals surface area contributed by atoms with Gasteiger partial charge in [0, 0.05) is 5.75 Å². The SMILES string of the molecule is C=CC/C=C\C=C1\C=CSC1. The van der Waals surface area contributed by atoms with Crippen LogP contribution in [0.15, 0.2) is 47.9 Å². The molecule has 1 heterocycles. The van der Waals surface area contributed by atoms with Crippen molar-refractivity contribution in [2.24, 2.45) is 0 Å². The Morgan fingerprint density at radius 2 is 2.55 bits per heavy atom. The first-order chi connectivity index (χ1) is 5.43. The van der Waals surface area contributed by atoms with Crippen LogP contribution in [0.4, 0.5) is 0 Å². The lowest BCUT2D eigenvalue weighted by Crippen LogP contribution is -1.72. The van der Waals surface area contributed by atoms with Crippen LogP contribution in [0.25, 0.3) is 0 Å². The fourth-order valence-corrected chi connectivity index (χ4v) is 1.55. The summed E-state index contributed by atoms with van der Waals surface area (Å²) >= 11 is 1.84. The second-order valence-electron chi connectivity index (χ2n) is 2.31. The quantitative estimate of drug-likeness (QED) is 0.577. The Labute approximate surface area is 72.4 Å². The molecule has 0 aromatic heterocycles. The smallest absolute Gasteiger partial charge is 0.0226 e. The van der Waals surface area contributed by atoms with E-state index < -0.39 is 0 Å². The van der Waals surface area contributed by atoms with Gasteiger partial charge in [0.25, 0.3) is 0 Å². The highest BCUT2D eigenvalue weighted by Crippen LogP contribution is 2.18. The molecule has 1 aliphatic heterocycles. The molecule has 0 saturated heterocycles. The fourth-order valence-electron chi connectivity index (χ4n) is 0.798. The molecule has 58 valence electrons. The molecule has 0 bridgehead atoms. The van der Waals surface area contributed by atoms with Gasteiger partial charge >= 0.3 is 0 Å². The minimum absolute atomic E-state index is 0.959. The number of allylic oxidation sites excluding steroid dienone is 5. The first-order valence-electron chi connectivity index (χ1n) is 3.68. The largest absolute Gasteiger partial charge is 0.129 e. The highest BCUT2D eigenvalue weighted by atomic mass is 32.2. The highest BCUT2D eigenvalue weighted by Gasteiger charge is 1.95. The average molecular weight is 164 g/mol. The third-order valence-corrected chi connectivity index (χ3v) is 2.21. The van der Waals surface area contributed by atoms with E-state index in [1.807, 2.05) is 17.8 Å². The molecule has 1 aliphatic rings. The van der Waals surface area contributed by atoms with E-state index in [0.29, 0.717) is 0 Å². The monoisotopic (exact) mass is 164 g/mol. The molecular formula is C10H12S. The third-order valence-electron chi connectivity index (χ3n) is 1.38. The first-order valence-corrected chi connectivity index (χ1v) is 4.73. The van der Waals surface area contributed by atoms with Crippen molar-refractivity contribution in [3.63, 3.8) is 0 Å².